The molecule has 1 aromatic carbocycles. The van der Waals surface area contributed by atoms with Crippen molar-refractivity contribution in [2.45, 2.75) is 25.0 Å². The number of aromatic nitrogens is 3. The smallest absolute Gasteiger partial charge is 0.191 e. The Morgan fingerprint density at radius 1 is 1.23 bits per heavy atom. The number of ketones is 1. The van der Waals surface area contributed by atoms with Crippen LogP contribution >= 0.6 is 34.4 Å². The lowest BCUT2D eigenvalue weighted by Crippen LogP contribution is -2.05. The predicted molar refractivity (Wildman–Crippen MR) is 110 cm³/mol. The first-order chi connectivity index (χ1) is 12.7. The average Bonchev–Trinajstić information content (AvgIpc) is 3.39. The molecule has 4 nitrogen and oxygen atoms in total. The first kappa shape index (κ1) is 17.5. The predicted octanol–water partition coefficient (Wildman–Crippen LogP) is 5.08. The van der Waals surface area contributed by atoms with E-state index in [1.807, 2.05) is 23.6 Å². The fraction of sp³-hybridized carbons (Fsp3) is 0.211. The van der Waals surface area contributed by atoms with E-state index in [4.69, 9.17) is 0 Å². The van der Waals surface area contributed by atoms with Crippen molar-refractivity contribution < 1.29 is 4.79 Å². The number of benzene rings is 1. The molecule has 0 radical (unpaired) electrons. The molecule has 3 heterocycles. The van der Waals surface area contributed by atoms with E-state index in [-0.39, 0.29) is 5.78 Å². The fourth-order valence-electron chi connectivity index (χ4n) is 2.83. The van der Waals surface area contributed by atoms with Gasteiger partial charge in [0.2, 0.25) is 0 Å². The van der Waals surface area contributed by atoms with Crippen LogP contribution in [0.4, 0.5) is 0 Å². The zero-order chi connectivity index (χ0) is 17.9. The summed E-state index contributed by atoms with van der Waals surface area (Å²) in [7, 11) is 0. The minimum atomic E-state index is 0.154. The molecule has 0 aliphatic rings. The highest BCUT2D eigenvalue weighted by molar-refractivity contribution is 7.99. The van der Waals surface area contributed by atoms with Gasteiger partial charge in [-0.1, -0.05) is 36.0 Å². The van der Waals surface area contributed by atoms with Crippen LogP contribution in [0.15, 0.2) is 53.3 Å². The van der Waals surface area contributed by atoms with Crippen molar-refractivity contribution in [2.75, 3.05) is 5.75 Å². The van der Waals surface area contributed by atoms with Crippen LogP contribution in [0.5, 0.6) is 0 Å². The fourth-order valence-corrected chi connectivity index (χ4v) is 5.58. The number of carbonyl (C=O) groups is 1. The van der Waals surface area contributed by atoms with Gasteiger partial charge in [0.1, 0.15) is 6.33 Å². The SMILES string of the molecule is Cc1c(C(=O)CSc2nncn2CCc2cccs2)sc2ccccc12. The largest absolute Gasteiger partial charge is 0.308 e. The van der Waals surface area contributed by atoms with Crippen LogP contribution in [0.1, 0.15) is 20.1 Å². The van der Waals surface area contributed by atoms with Crippen LogP contribution < -0.4 is 0 Å². The monoisotopic (exact) mass is 399 g/mol. The molecule has 0 unspecified atom stereocenters. The van der Waals surface area contributed by atoms with Gasteiger partial charge in [0.05, 0.1) is 10.6 Å². The molecule has 7 heteroatoms. The highest BCUT2D eigenvalue weighted by atomic mass is 32.2. The van der Waals surface area contributed by atoms with E-state index in [0.717, 1.165) is 33.3 Å². The molecule has 0 fully saturated rings. The number of nitrogens with zero attached hydrogens (tertiary/aromatic N) is 3. The van der Waals surface area contributed by atoms with E-state index in [2.05, 4.69) is 39.8 Å². The van der Waals surface area contributed by atoms with E-state index in [1.165, 1.54) is 22.0 Å². The maximum atomic E-state index is 12.7. The quantitative estimate of drug-likeness (QED) is 0.321. The van der Waals surface area contributed by atoms with Crippen LogP contribution in [0.3, 0.4) is 0 Å². The van der Waals surface area contributed by atoms with Crippen molar-refractivity contribution >= 4 is 50.3 Å². The third kappa shape index (κ3) is 3.60. The minimum Gasteiger partial charge on any atom is -0.308 e. The van der Waals surface area contributed by atoms with Gasteiger partial charge in [0.15, 0.2) is 10.9 Å². The van der Waals surface area contributed by atoms with Gasteiger partial charge >= 0.3 is 0 Å². The Kier molecular flexibility index (Phi) is 5.19. The molecule has 3 aromatic heterocycles. The van der Waals surface area contributed by atoms with Gasteiger partial charge in [0.25, 0.3) is 0 Å². The Labute approximate surface area is 163 Å². The number of hydrogen-bond acceptors (Lipinski definition) is 6. The van der Waals surface area contributed by atoms with Gasteiger partial charge in [-0.05, 0) is 41.8 Å². The minimum absolute atomic E-state index is 0.154. The Balaban J connectivity index is 1.43. The molecular formula is C19H17N3OS3. The number of fused-ring (bicyclic) bond motifs is 1. The molecule has 0 atom stereocenters. The molecule has 0 aliphatic carbocycles. The number of thioether (sulfide) groups is 1. The summed E-state index contributed by atoms with van der Waals surface area (Å²) in [6, 6.07) is 12.4. The van der Waals surface area contributed by atoms with E-state index in [1.54, 1.807) is 29.0 Å². The first-order valence-corrected chi connectivity index (χ1v) is 10.9. The van der Waals surface area contributed by atoms with Crippen LogP contribution in [-0.2, 0) is 13.0 Å². The van der Waals surface area contributed by atoms with Crippen LogP contribution in [0.2, 0.25) is 0 Å². The van der Waals surface area contributed by atoms with Crippen LogP contribution in [0.25, 0.3) is 10.1 Å². The van der Waals surface area contributed by atoms with Gasteiger partial charge in [-0.3, -0.25) is 4.79 Å². The number of rotatable bonds is 7. The molecule has 0 saturated carbocycles. The molecule has 0 aliphatic heterocycles. The third-order valence-corrected chi connectivity index (χ3v) is 7.42. The van der Waals surface area contributed by atoms with Crippen molar-refractivity contribution in [2.24, 2.45) is 0 Å². The van der Waals surface area contributed by atoms with Gasteiger partial charge in [0, 0.05) is 16.1 Å². The van der Waals surface area contributed by atoms with Crippen molar-refractivity contribution in [1.29, 1.82) is 0 Å². The summed E-state index contributed by atoms with van der Waals surface area (Å²) in [5.41, 5.74) is 1.08. The summed E-state index contributed by atoms with van der Waals surface area (Å²) in [5, 5.41) is 12.2. The topological polar surface area (TPSA) is 47.8 Å². The molecule has 0 amide bonds. The lowest BCUT2D eigenvalue weighted by Gasteiger charge is -2.05. The number of aryl methyl sites for hydroxylation is 3. The number of Topliss-reactive ketones (excluding diaryl/α,β-unsaturated/α-hetero) is 1. The van der Waals surface area contributed by atoms with Crippen molar-refractivity contribution in [3.63, 3.8) is 0 Å². The Hall–Kier alpha value is -1.96. The zero-order valence-electron chi connectivity index (χ0n) is 14.2. The molecule has 26 heavy (non-hydrogen) atoms. The first-order valence-electron chi connectivity index (χ1n) is 8.26. The third-order valence-electron chi connectivity index (χ3n) is 4.19. The zero-order valence-corrected chi connectivity index (χ0v) is 16.7. The van der Waals surface area contributed by atoms with E-state index >= 15 is 0 Å². The highest BCUT2D eigenvalue weighted by Gasteiger charge is 2.17. The second kappa shape index (κ2) is 7.73. The maximum Gasteiger partial charge on any atom is 0.191 e. The number of thiophene rings is 2. The summed E-state index contributed by atoms with van der Waals surface area (Å²) >= 11 is 4.80. The average molecular weight is 400 g/mol. The molecule has 4 aromatic rings. The normalized spacial score (nSPS) is 11.3. The summed E-state index contributed by atoms with van der Waals surface area (Å²) in [6.45, 7) is 2.85. The van der Waals surface area contributed by atoms with Crippen LogP contribution in [-0.4, -0.2) is 26.3 Å². The summed E-state index contributed by atoms with van der Waals surface area (Å²) < 4.78 is 3.19. The number of hydrogen-bond donors (Lipinski definition) is 0. The summed E-state index contributed by atoms with van der Waals surface area (Å²) in [4.78, 5) is 14.9. The molecule has 0 spiro atoms. The van der Waals surface area contributed by atoms with Crippen molar-refractivity contribution in [1.82, 2.24) is 14.8 Å². The van der Waals surface area contributed by atoms with Gasteiger partial charge in [-0.25, -0.2) is 0 Å². The van der Waals surface area contributed by atoms with Gasteiger partial charge in [-0.15, -0.1) is 32.9 Å². The highest BCUT2D eigenvalue weighted by Crippen LogP contribution is 2.32. The van der Waals surface area contributed by atoms with Crippen LogP contribution in [0, 0.1) is 6.92 Å². The molecule has 132 valence electrons. The Morgan fingerprint density at radius 3 is 2.92 bits per heavy atom. The van der Waals surface area contributed by atoms with Gasteiger partial charge in [-0.2, -0.15) is 0 Å². The van der Waals surface area contributed by atoms with E-state index in [9.17, 15) is 4.79 Å². The van der Waals surface area contributed by atoms with Gasteiger partial charge < -0.3 is 4.57 Å². The molecule has 0 N–H and O–H groups in total. The number of carbonyl (C=O) groups excluding carboxylic acids is 1. The van der Waals surface area contributed by atoms with E-state index in [0.29, 0.717) is 5.75 Å². The second-order valence-corrected chi connectivity index (χ2v) is 8.93. The lowest BCUT2D eigenvalue weighted by molar-refractivity contribution is 0.102. The Bertz CT molecular complexity index is 1030. The molecular weight excluding hydrogens is 382 g/mol. The molecule has 4 rings (SSSR count). The molecule has 0 saturated heterocycles. The second-order valence-electron chi connectivity index (χ2n) is 5.90. The lowest BCUT2D eigenvalue weighted by atomic mass is 10.1. The van der Waals surface area contributed by atoms with Crippen molar-refractivity contribution in [3.8, 4) is 0 Å². The van der Waals surface area contributed by atoms with E-state index < -0.39 is 0 Å². The summed E-state index contributed by atoms with van der Waals surface area (Å²) in [6.07, 6.45) is 2.69. The Morgan fingerprint density at radius 2 is 2.12 bits per heavy atom. The van der Waals surface area contributed by atoms with Crippen molar-refractivity contribution in [3.05, 3.63) is 63.4 Å². The summed E-state index contributed by atoms with van der Waals surface area (Å²) in [5.74, 6) is 0.534. The molecule has 0 bridgehead atoms. The maximum absolute atomic E-state index is 12.7. The standard InChI is InChI=1S/C19H17N3OS3/c1-13-15-6-2-3-7-17(15)26-18(13)16(23)11-25-19-21-20-12-22(19)9-8-14-5-4-10-24-14/h2-7,10,12H,8-9,11H2,1H3.